The van der Waals surface area contributed by atoms with Crippen LogP contribution >= 0.6 is 11.8 Å². The molecule has 0 spiro atoms. The van der Waals surface area contributed by atoms with E-state index in [0.717, 1.165) is 17.1 Å². The fourth-order valence-corrected chi connectivity index (χ4v) is 1.94. The number of methoxy groups -OCH3 is 1. The number of oxime groups is 1. The van der Waals surface area contributed by atoms with Gasteiger partial charge >= 0.3 is 0 Å². The minimum atomic E-state index is 0.0696. The topological polar surface area (TPSA) is 67.8 Å². The minimum Gasteiger partial charge on any atom is -0.496 e. The first-order valence-corrected chi connectivity index (χ1v) is 6.11. The van der Waals surface area contributed by atoms with Crippen LogP contribution < -0.4 is 10.5 Å². The lowest BCUT2D eigenvalue weighted by molar-refractivity contribution is 0.318. The van der Waals surface area contributed by atoms with Crippen LogP contribution in [0.1, 0.15) is 18.1 Å². The number of amidine groups is 1. The second-order valence-corrected chi connectivity index (χ2v) is 4.43. The Hall–Kier alpha value is -1.36. The highest BCUT2D eigenvalue weighted by atomic mass is 32.2. The van der Waals surface area contributed by atoms with Crippen LogP contribution in [0.5, 0.6) is 5.75 Å². The van der Waals surface area contributed by atoms with E-state index in [1.807, 2.05) is 30.0 Å². The number of thioether (sulfide) groups is 1. The van der Waals surface area contributed by atoms with Gasteiger partial charge in [-0.15, -0.1) is 0 Å². The molecule has 0 amide bonds. The van der Waals surface area contributed by atoms with Crippen LogP contribution in [-0.2, 0) is 5.75 Å². The van der Waals surface area contributed by atoms with Crippen molar-refractivity contribution < 1.29 is 9.94 Å². The zero-order chi connectivity index (χ0) is 12.0. The van der Waals surface area contributed by atoms with Crippen LogP contribution in [0, 0.1) is 0 Å². The van der Waals surface area contributed by atoms with Crippen LogP contribution in [0.3, 0.4) is 0 Å². The number of nitrogens with zero attached hydrogens (tertiary/aromatic N) is 1. The molecule has 0 aliphatic heterocycles. The summed E-state index contributed by atoms with van der Waals surface area (Å²) >= 11 is 1.82. The van der Waals surface area contributed by atoms with Crippen molar-refractivity contribution in [2.45, 2.75) is 12.7 Å². The van der Waals surface area contributed by atoms with Crippen molar-refractivity contribution >= 4 is 17.6 Å². The van der Waals surface area contributed by atoms with E-state index in [2.05, 4.69) is 12.1 Å². The number of ether oxygens (including phenoxy) is 1. The van der Waals surface area contributed by atoms with Gasteiger partial charge < -0.3 is 15.7 Å². The van der Waals surface area contributed by atoms with Crippen molar-refractivity contribution in [2.75, 3.05) is 12.9 Å². The van der Waals surface area contributed by atoms with Crippen molar-refractivity contribution in [2.24, 2.45) is 10.9 Å². The molecule has 1 rings (SSSR count). The summed E-state index contributed by atoms with van der Waals surface area (Å²) < 4.78 is 5.15. The summed E-state index contributed by atoms with van der Waals surface area (Å²) in [6, 6.07) is 5.70. The van der Waals surface area contributed by atoms with E-state index in [4.69, 9.17) is 15.7 Å². The summed E-state index contributed by atoms with van der Waals surface area (Å²) in [4.78, 5) is 0. The van der Waals surface area contributed by atoms with Gasteiger partial charge in [-0.2, -0.15) is 11.8 Å². The summed E-state index contributed by atoms with van der Waals surface area (Å²) in [5.41, 5.74) is 7.34. The number of nitrogens with two attached hydrogens (primary N) is 1. The highest BCUT2D eigenvalue weighted by molar-refractivity contribution is 7.98. The maximum atomic E-state index is 8.68. The first kappa shape index (κ1) is 12.7. The second kappa shape index (κ2) is 6.27. The molecule has 0 bridgehead atoms. The standard InChI is InChI=1S/C11H16N2O2S/c1-3-16-7-8-4-5-10(15-2)9(6-8)11(12)13-14/h4-6,14H,3,7H2,1-2H3,(H2,12,13). The van der Waals surface area contributed by atoms with Crippen molar-refractivity contribution in [3.63, 3.8) is 0 Å². The van der Waals surface area contributed by atoms with E-state index in [1.165, 1.54) is 0 Å². The molecule has 0 aliphatic rings. The predicted molar refractivity (Wildman–Crippen MR) is 67.3 cm³/mol. The largest absolute Gasteiger partial charge is 0.496 e. The first-order valence-electron chi connectivity index (χ1n) is 4.95. The molecule has 0 fully saturated rings. The number of rotatable bonds is 5. The average Bonchev–Trinajstić information content (AvgIpc) is 2.35. The normalized spacial score (nSPS) is 11.5. The van der Waals surface area contributed by atoms with E-state index in [1.54, 1.807) is 7.11 Å². The molecule has 0 atom stereocenters. The average molecular weight is 240 g/mol. The van der Waals surface area contributed by atoms with Crippen LogP contribution in [0.25, 0.3) is 0 Å². The van der Waals surface area contributed by atoms with Gasteiger partial charge in [0.15, 0.2) is 5.84 Å². The molecule has 4 nitrogen and oxygen atoms in total. The fraction of sp³-hybridized carbons (Fsp3) is 0.364. The molecule has 5 heteroatoms. The Morgan fingerprint density at radius 1 is 1.56 bits per heavy atom. The van der Waals surface area contributed by atoms with Crippen LogP contribution in [-0.4, -0.2) is 23.9 Å². The lowest BCUT2D eigenvalue weighted by Crippen LogP contribution is -2.14. The van der Waals surface area contributed by atoms with Crippen LogP contribution in [0.4, 0.5) is 0 Å². The monoisotopic (exact) mass is 240 g/mol. The van der Waals surface area contributed by atoms with E-state index in [0.29, 0.717) is 11.3 Å². The van der Waals surface area contributed by atoms with Gasteiger partial charge in [-0.1, -0.05) is 18.1 Å². The first-order chi connectivity index (χ1) is 7.72. The zero-order valence-corrected chi connectivity index (χ0v) is 10.3. The molecule has 1 aromatic rings. The van der Waals surface area contributed by atoms with Gasteiger partial charge in [0.05, 0.1) is 12.7 Å². The molecule has 0 aliphatic carbocycles. The Kier molecular flexibility index (Phi) is 4.98. The second-order valence-electron chi connectivity index (χ2n) is 3.16. The quantitative estimate of drug-likeness (QED) is 0.358. The number of hydrogen-bond acceptors (Lipinski definition) is 4. The van der Waals surface area contributed by atoms with Gasteiger partial charge in [0.2, 0.25) is 0 Å². The van der Waals surface area contributed by atoms with Crippen LogP contribution in [0.15, 0.2) is 23.4 Å². The summed E-state index contributed by atoms with van der Waals surface area (Å²) in [5, 5.41) is 11.7. The lowest BCUT2D eigenvalue weighted by Gasteiger charge is -2.09. The Balaban J connectivity index is 3.01. The van der Waals surface area contributed by atoms with Crippen molar-refractivity contribution in [1.29, 1.82) is 0 Å². The van der Waals surface area contributed by atoms with Gasteiger partial charge in [0.25, 0.3) is 0 Å². The van der Waals surface area contributed by atoms with Gasteiger partial charge in [0.1, 0.15) is 5.75 Å². The molecule has 0 saturated carbocycles. The van der Waals surface area contributed by atoms with E-state index < -0.39 is 0 Å². The molecule has 0 unspecified atom stereocenters. The molecular weight excluding hydrogens is 224 g/mol. The minimum absolute atomic E-state index is 0.0696. The smallest absolute Gasteiger partial charge is 0.173 e. The predicted octanol–water partition coefficient (Wildman–Crippen LogP) is 2.04. The molecule has 3 N–H and O–H groups in total. The Bertz CT molecular complexity index is 380. The molecule has 88 valence electrons. The lowest BCUT2D eigenvalue weighted by atomic mass is 10.1. The Morgan fingerprint density at radius 2 is 2.31 bits per heavy atom. The van der Waals surface area contributed by atoms with Gasteiger partial charge in [-0.25, -0.2) is 0 Å². The van der Waals surface area contributed by atoms with Gasteiger partial charge in [-0.3, -0.25) is 0 Å². The van der Waals surface area contributed by atoms with Crippen LogP contribution in [0.2, 0.25) is 0 Å². The molecule has 0 aromatic heterocycles. The summed E-state index contributed by atoms with van der Waals surface area (Å²) in [6.07, 6.45) is 0. The highest BCUT2D eigenvalue weighted by Crippen LogP contribution is 2.22. The maximum absolute atomic E-state index is 8.68. The highest BCUT2D eigenvalue weighted by Gasteiger charge is 2.08. The molecule has 0 radical (unpaired) electrons. The number of hydrogen-bond donors (Lipinski definition) is 2. The molecular formula is C11H16N2O2S. The van der Waals surface area contributed by atoms with E-state index >= 15 is 0 Å². The van der Waals surface area contributed by atoms with E-state index in [9.17, 15) is 0 Å². The molecule has 0 saturated heterocycles. The third kappa shape index (κ3) is 3.06. The number of benzene rings is 1. The molecule has 0 heterocycles. The van der Waals surface area contributed by atoms with Crippen molar-refractivity contribution in [3.05, 3.63) is 29.3 Å². The summed E-state index contributed by atoms with van der Waals surface area (Å²) in [7, 11) is 1.56. The molecule has 16 heavy (non-hydrogen) atoms. The SMILES string of the molecule is CCSCc1ccc(OC)c(C(N)=NO)c1. The van der Waals surface area contributed by atoms with Gasteiger partial charge in [-0.05, 0) is 23.4 Å². The third-order valence-corrected chi connectivity index (χ3v) is 3.07. The Morgan fingerprint density at radius 3 is 2.88 bits per heavy atom. The van der Waals surface area contributed by atoms with Crippen molar-refractivity contribution in [3.8, 4) is 5.75 Å². The zero-order valence-electron chi connectivity index (χ0n) is 9.43. The summed E-state index contributed by atoms with van der Waals surface area (Å²) in [6.45, 7) is 2.11. The van der Waals surface area contributed by atoms with Gasteiger partial charge in [0, 0.05) is 5.75 Å². The maximum Gasteiger partial charge on any atom is 0.173 e. The fourth-order valence-electron chi connectivity index (χ4n) is 1.32. The van der Waals surface area contributed by atoms with E-state index in [-0.39, 0.29) is 5.84 Å². The Labute approximate surface area is 99.5 Å². The van der Waals surface area contributed by atoms with Crippen molar-refractivity contribution in [1.82, 2.24) is 0 Å². The molecule has 1 aromatic carbocycles. The summed E-state index contributed by atoms with van der Waals surface area (Å²) in [5.74, 6) is 2.65. The third-order valence-electron chi connectivity index (χ3n) is 2.12.